The van der Waals surface area contributed by atoms with Crippen LogP contribution in [0.4, 0.5) is 10.5 Å². The van der Waals surface area contributed by atoms with Crippen LogP contribution in [0.2, 0.25) is 10.0 Å². The van der Waals surface area contributed by atoms with Gasteiger partial charge in [-0.05, 0) is 44.4 Å². The van der Waals surface area contributed by atoms with Crippen LogP contribution >= 0.6 is 23.2 Å². The highest BCUT2D eigenvalue weighted by Crippen LogP contribution is 2.39. The third kappa shape index (κ3) is 6.03. The van der Waals surface area contributed by atoms with Crippen molar-refractivity contribution in [1.82, 2.24) is 9.88 Å². The Hall–Kier alpha value is -3.55. The molecule has 0 unspecified atom stereocenters. The van der Waals surface area contributed by atoms with E-state index in [-0.39, 0.29) is 39.7 Å². The van der Waals surface area contributed by atoms with Crippen molar-refractivity contribution in [3.05, 3.63) is 50.9 Å². The lowest BCUT2D eigenvalue weighted by molar-refractivity contribution is -0.114. The number of hydrogen-bond acceptors (Lipinski definition) is 8. The van der Waals surface area contributed by atoms with Gasteiger partial charge in [0.15, 0.2) is 5.75 Å². The summed E-state index contributed by atoms with van der Waals surface area (Å²) in [7, 11) is 0. The van der Waals surface area contributed by atoms with Crippen molar-refractivity contribution in [2.75, 3.05) is 12.0 Å². The van der Waals surface area contributed by atoms with Crippen molar-refractivity contribution in [2.24, 2.45) is 5.10 Å². The number of aromatic nitrogens is 1. The van der Waals surface area contributed by atoms with Gasteiger partial charge in [0.05, 0.1) is 28.5 Å². The fraction of sp³-hybridized carbons (Fsp3) is 0.286. The average Bonchev–Trinajstić information content (AvgIpc) is 2.72. The lowest BCUT2D eigenvalue weighted by Crippen LogP contribution is -2.36. The van der Waals surface area contributed by atoms with E-state index in [4.69, 9.17) is 33.2 Å². The van der Waals surface area contributed by atoms with Gasteiger partial charge in [-0.15, -0.1) is 0 Å². The molecule has 1 aromatic heterocycles. The van der Waals surface area contributed by atoms with Crippen molar-refractivity contribution in [3.8, 4) is 17.6 Å². The number of hydrogen-bond donors (Lipinski definition) is 2. The smallest absolute Gasteiger partial charge is 0.414 e. The third-order valence-electron chi connectivity index (χ3n) is 4.71. The molecule has 0 radical (unpaired) electrons. The Morgan fingerprint density at radius 2 is 1.97 bits per heavy atom. The minimum atomic E-state index is -1.04. The fourth-order valence-corrected chi connectivity index (χ4v) is 3.46. The first kappa shape index (κ1) is 24.1. The van der Waals surface area contributed by atoms with Crippen molar-refractivity contribution < 1.29 is 19.1 Å². The molecule has 0 bridgehead atoms. The maximum atomic E-state index is 12.1. The number of pyridine rings is 1. The molecule has 1 heterocycles. The second-order valence-electron chi connectivity index (χ2n) is 6.92. The number of amides is 2. The molecule has 2 amide bonds. The SMILES string of the molecule is CCOC(=O)NC(=O)C(C#N)=NNc1cc(Cl)c(Oc2ccc(=O)n(C3CCC3)c2)c(Cl)c1. The lowest BCUT2D eigenvalue weighted by atomic mass is 9.93. The molecule has 172 valence electrons. The van der Waals surface area contributed by atoms with E-state index in [1.54, 1.807) is 23.8 Å². The van der Waals surface area contributed by atoms with Crippen molar-refractivity contribution in [1.29, 1.82) is 5.26 Å². The predicted molar refractivity (Wildman–Crippen MR) is 122 cm³/mol. The normalized spacial score (nSPS) is 13.5. The van der Waals surface area contributed by atoms with Crippen molar-refractivity contribution in [3.63, 3.8) is 0 Å². The number of anilines is 1. The maximum Gasteiger partial charge on any atom is 0.414 e. The molecule has 1 aliphatic rings. The van der Waals surface area contributed by atoms with Crippen LogP contribution in [0.1, 0.15) is 32.2 Å². The Kier molecular flexibility index (Phi) is 7.92. The summed E-state index contributed by atoms with van der Waals surface area (Å²) in [4.78, 5) is 35.3. The summed E-state index contributed by atoms with van der Waals surface area (Å²) in [5.74, 6) is -0.485. The molecule has 0 aliphatic heterocycles. The number of carbonyl (C=O) groups excluding carboxylic acids is 2. The standard InChI is InChI=1S/C21H19Cl2N5O5/c1-2-32-21(31)25-20(30)17(10-24)27-26-12-8-15(22)19(16(23)9-12)33-14-6-7-18(29)28(11-14)13-4-3-5-13/h6-9,11,13,26H,2-5H2,1H3,(H,25,30,31). The number of benzene rings is 1. The maximum absolute atomic E-state index is 12.1. The molecular weight excluding hydrogens is 473 g/mol. The number of alkyl carbamates (subject to hydrolysis) is 1. The molecule has 0 atom stereocenters. The Balaban J connectivity index is 1.74. The molecule has 1 aliphatic carbocycles. The minimum absolute atomic E-state index is 0.0590. The Labute approximate surface area is 198 Å². The van der Waals surface area contributed by atoms with Crippen LogP contribution in [0.5, 0.6) is 11.5 Å². The number of hydrazone groups is 1. The number of nitrogens with one attached hydrogen (secondary N) is 2. The van der Waals surface area contributed by atoms with Gasteiger partial charge in [-0.3, -0.25) is 20.3 Å². The second-order valence-corrected chi connectivity index (χ2v) is 7.74. The number of nitriles is 1. The van der Waals surface area contributed by atoms with Gasteiger partial charge in [0.1, 0.15) is 11.8 Å². The summed E-state index contributed by atoms with van der Waals surface area (Å²) in [6.07, 6.45) is 3.58. The summed E-state index contributed by atoms with van der Waals surface area (Å²) in [6, 6.07) is 7.53. The molecular formula is C21H19Cl2N5O5. The van der Waals surface area contributed by atoms with E-state index in [9.17, 15) is 14.4 Å². The molecule has 2 N–H and O–H groups in total. The molecule has 2 aromatic rings. The summed E-state index contributed by atoms with van der Waals surface area (Å²) < 4.78 is 12.0. The zero-order valence-corrected chi connectivity index (χ0v) is 18.9. The molecule has 3 rings (SSSR count). The number of nitrogens with zero attached hydrogens (tertiary/aromatic N) is 3. The van der Waals surface area contributed by atoms with E-state index in [1.807, 2.05) is 5.32 Å². The molecule has 1 saturated carbocycles. The third-order valence-corrected chi connectivity index (χ3v) is 5.27. The quantitative estimate of drug-likeness (QED) is 0.436. The Morgan fingerprint density at radius 1 is 1.27 bits per heavy atom. The first-order valence-electron chi connectivity index (χ1n) is 9.93. The molecule has 1 aromatic carbocycles. The van der Waals surface area contributed by atoms with Gasteiger partial charge in [-0.25, -0.2) is 4.79 Å². The summed E-state index contributed by atoms with van der Waals surface area (Å²) in [5.41, 5.74) is 2.02. The summed E-state index contributed by atoms with van der Waals surface area (Å²) in [6.45, 7) is 1.63. The van der Waals surface area contributed by atoms with Gasteiger partial charge in [-0.2, -0.15) is 10.4 Å². The predicted octanol–water partition coefficient (Wildman–Crippen LogP) is 4.24. The molecule has 0 spiro atoms. The van der Waals surface area contributed by atoms with E-state index >= 15 is 0 Å². The molecule has 0 saturated heterocycles. The zero-order valence-electron chi connectivity index (χ0n) is 17.4. The van der Waals surface area contributed by atoms with Gasteiger partial charge in [0.2, 0.25) is 5.71 Å². The highest BCUT2D eigenvalue weighted by atomic mass is 35.5. The first-order valence-corrected chi connectivity index (χ1v) is 10.7. The number of ether oxygens (including phenoxy) is 2. The topological polar surface area (TPSA) is 135 Å². The van der Waals surface area contributed by atoms with Crippen LogP contribution in [0.3, 0.4) is 0 Å². The zero-order chi connectivity index (χ0) is 24.0. The van der Waals surface area contributed by atoms with E-state index in [0.29, 0.717) is 5.75 Å². The van der Waals surface area contributed by atoms with Crippen LogP contribution in [-0.2, 0) is 9.53 Å². The number of imide groups is 1. The van der Waals surface area contributed by atoms with Gasteiger partial charge in [0, 0.05) is 12.1 Å². The number of halogens is 2. The minimum Gasteiger partial charge on any atom is -0.453 e. The fourth-order valence-electron chi connectivity index (χ4n) is 2.90. The average molecular weight is 492 g/mol. The van der Waals surface area contributed by atoms with E-state index in [1.165, 1.54) is 24.3 Å². The van der Waals surface area contributed by atoms with Crippen LogP contribution < -0.4 is 21.0 Å². The molecule has 1 fully saturated rings. The van der Waals surface area contributed by atoms with Crippen LogP contribution in [0.25, 0.3) is 0 Å². The van der Waals surface area contributed by atoms with Crippen LogP contribution in [0, 0.1) is 11.3 Å². The van der Waals surface area contributed by atoms with Crippen molar-refractivity contribution in [2.45, 2.75) is 32.2 Å². The van der Waals surface area contributed by atoms with Gasteiger partial charge >= 0.3 is 6.09 Å². The lowest BCUT2D eigenvalue weighted by Gasteiger charge is -2.27. The highest BCUT2D eigenvalue weighted by molar-refractivity contribution is 6.47. The monoisotopic (exact) mass is 491 g/mol. The van der Waals surface area contributed by atoms with Gasteiger partial charge in [-0.1, -0.05) is 23.2 Å². The largest absolute Gasteiger partial charge is 0.453 e. The molecule has 12 heteroatoms. The van der Waals surface area contributed by atoms with E-state index in [0.717, 1.165) is 19.3 Å². The summed E-state index contributed by atoms with van der Waals surface area (Å²) in [5, 5.41) is 14.9. The Bertz CT molecular complexity index is 1180. The van der Waals surface area contributed by atoms with Gasteiger partial charge in [0.25, 0.3) is 11.5 Å². The molecule has 10 nitrogen and oxygen atoms in total. The number of carbonyl (C=O) groups is 2. The van der Waals surface area contributed by atoms with Crippen LogP contribution in [-0.4, -0.2) is 28.9 Å². The van der Waals surface area contributed by atoms with Gasteiger partial charge < -0.3 is 14.0 Å². The Morgan fingerprint density at radius 3 is 2.55 bits per heavy atom. The van der Waals surface area contributed by atoms with Crippen LogP contribution in [0.15, 0.2) is 40.4 Å². The van der Waals surface area contributed by atoms with E-state index in [2.05, 4.69) is 15.3 Å². The second kappa shape index (κ2) is 10.8. The number of rotatable bonds is 7. The van der Waals surface area contributed by atoms with Crippen molar-refractivity contribution >= 4 is 46.6 Å². The summed E-state index contributed by atoms with van der Waals surface area (Å²) >= 11 is 12.6. The first-order chi connectivity index (χ1) is 15.8. The highest BCUT2D eigenvalue weighted by Gasteiger charge is 2.21. The van der Waals surface area contributed by atoms with E-state index < -0.39 is 17.7 Å². The molecule has 33 heavy (non-hydrogen) atoms.